The first kappa shape index (κ1) is 20.6. The summed E-state index contributed by atoms with van der Waals surface area (Å²) in [6.45, 7) is 0. The Balaban J connectivity index is 1.63. The molecule has 0 bridgehead atoms. The van der Waals surface area contributed by atoms with E-state index in [1.165, 1.54) is 0 Å². The molecule has 3 heterocycles. The monoisotopic (exact) mass is 472 g/mol. The molecule has 1 aromatic heterocycles. The van der Waals surface area contributed by atoms with Gasteiger partial charge in [0.05, 0.1) is 19.9 Å². The highest BCUT2D eigenvalue weighted by atomic mass is 35.5. The number of benzene rings is 3. The largest absolute Gasteiger partial charge is 0.493 e. The van der Waals surface area contributed by atoms with Crippen molar-refractivity contribution in [2.24, 2.45) is 0 Å². The second-order valence-electron chi connectivity index (χ2n) is 8.02. The Kier molecular flexibility index (Phi) is 4.92. The topological polar surface area (TPSA) is 70.4 Å². The van der Waals surface area contributed by atoms with Gasteiger partial charge in [0.1, 0.15) is 18.1 Å². The van der Waals surface area contributed by atoms with Gasteiger partial charge in [-0.05, 0) is 35.9 Å². The van der Waals surface area contributed by atoms with E-state index in [0.717, 1.165) is 33.7 Å². The van der Waals surface area contributed by atoms with Gasteiger partial charge in [0.15, 0.2) is 17.6 Å². The van der Waals surface area contributed by atoms with Crippen molar-refractivity contribution in [1.82, 2.24) is 14.8 Å². The lowest BCUT2D eigenvalue weighted by Gasteiger charge is -2.39. The molecule has 170 valence electrons. The number of nitrogens with one attached hydrogen (secondary N) is 1. The van der Waals surface area contributed by atoms with Gasteiger partial charge in [-0.25, -0.2) is 4.68 Å². The van der Waals surface area contributed by atoms with E-state index in [-0.39, 0.29) is 6.04 Å². The predicted molar refractivity (Wildman–Crippen MR) is 130 cm³/mol. The fraction of sp³-hybridized carbons (Fsp3) is 0.154. The van der Waals surface area contributed by atoms with Gasteiger partial charge in [0, 0.05) is 21.7 Å². The van der Waals surface area contributed by atoms with Crippen LogP contribution in [0.2, 0.25) is 5.02 Å². The fourth-order valence-corrected chi connectivity index (χ4v) is 4.94. The first-order chi connectivity index (χ1) is 16.7. The van der Waals surface area contributed by atoms with E-state index in [1.54, 1.807) is 20.5 Å². The van der Waals surface area contributed by atoms with Crippen LogP contribution in [0.5, 0.6) is 17.2 Å². The number of hydrogen-bond acceptors (Lipinski definition) is 6. The van der Waals surface area contributed by atoms with Crippen molar-refractivity contribution < 1.29 is 14.2 Å². The molecule has 1 N–H and O–H groups in total. The van der Waals surface area contributed by atoms with Gasteiger partial charge in [0.2, 0.25) is 5.95 Å². The molecule has 0 saturated heterocycles. The third kappa shape index (κ3) is 3.12. The molecule has 0 saturated carbocycles. The number of aromatic nitrogens is 3. The minimum atomic E-state index is -0.443. The highest BCUT2D eigenvalue weighted by Gasteiger charge is 2.41. The molecule has 0 unspecified atom stereocenters. The minimum Gasteiger partial charge on any atom is -0.493 e. The lowest BCUT2D eigenvalue weighted by molar-refractivity contribution is 0.223. The van der Waals surface area contributed by atoms with Crippen molar-refractivity contribution in [3.05, 3.63) is 100 Å². The lowest BCUT2D eigenvalue weighted by atomic mass is 9.84. The Morgan fingerprint density at radius 3 is 2.59 bits per heavy atom. The van der Waals surface area contributed by atoms with Crippen molar-refractivity contribution in [1.29, 1.82) is 0 Å². The zero-order valence-electron chi connectivity index (χ0n) is 18.5. The third-order valence-electron chi connectivity index (χ3n) is 6.23. The number of rotatable bonds is 4. The Morgan fingerprint density at radius 2 is 1.76 bits per heavy atom. The third-order valence-corrected chi connectivity index (χ3v) is 6.58. The summed E-state index contributed by atoms with van der Waals surface area (Å²) in [5, 5.41) is 8.69. The highest BCUT2D eigenvalue weighted by molar-refractivity contribution is 6.31. The van der Waals surface area contributed by atoms with Crippen molar-refractivity contribution in [2.45, 2.75) is 12.1 Å². The van der Waals surface area contributed by atoms with Crippen LogP contribution in [-0.4, -0.2) is 29.0 Å². The molecule has 2 atom stereocenters. The van der Waals surface area contributed by atoms with Crippen LogP contribution in [0.15, 0.2) is 78.6 Å². The molecule has 34 heavy (non-hydrogen) atoms. The molecule has 8 heteroatoms. The average Bonchev–Trinajstić information content (AvgIpc) is 3.35. The maximum Gasteiger partial charge on any atom is 0.226 e. The summed E-state index contributed by atoms with van der Waals surface area (Å²) in [6.07, 6.45) is 1.10. The van der Waals surface area contributed by atoms with Crippen molar-refractivity contribution >= 4 is 23.2 Å². The van der Waals surface area contributed by atoms with Gasteiger partial charge >= 0.3 is 0 Å². The molecule has 0 aliphatic carbocycles. The van der Waals surface area contributed by atoms with Gasteiger partial charge in [-0.3, -0.25) is 0 Å². The summed E-state index contributed by atoms with van der Waals surface area (Å²) in [5.41, 5.74) is 4.71. The highest BCUT2D eigenvalue weighted by Crippen LogP contribution is 2.51. The van der Waals surface area contributed by atoms with E-state index in [1.807, 2.05) is 71.4 Å². The van der Waals surface area contributed by atoms with Crippen LogP contribution in [0, 0.1) is 0 Å². The summed E-state index contributed by atoms with van der Waals surface area (Å²) < 4.78 is 19.5. The molecule has 7 nitrogen and oxygen atoms in total. The van der Waals surface area contributed by atoms with E-state index in [0.29, 0.717) is 22.5 Å². The van der Waals surface area contributed by atoms with Gasteiger partial charge < -0.3 is 19.5 Å². The second kappa shape index (κ2) is 8.11. The standard InChI is InChI=1S/C26H21ClN4O3/c1-32-20-12-11-15(13-21(20)33-2)24-22-23(30-26-28-14-29-31(24)26)17-8-4-6-10-19(17)34-25(22)16-7-3-5-9-18(16)27/h3-14,24-25H,1-2H3,(H,28,29,30)/t24-,25+/m0/s1. The Labute approximate surface area is 201 Å². The first-order valence-electron chi connectivity index (χ1n) is 10.8. The molecule has 2 aliphatic heterocycles. The summed E-state index contributed by atoms with van der Waals surface area (Å²) in [6, 6.07) is 21.3. The van der Waals surface area contributed by atoms with Crippen LogP contribution < -0.4 is 19.5 Å². The average molecular weight is 473 g/mol. The number of para-hydroxylation sites is 1. The summed E-state index contributed by atoms with van der Waals surface area (Å²) in [5.74, 6) is 2.71. The molecule has 6 rings (SSSR count). The lowest BCUT2D eigenvalue weighted by Crippen LogP contribution is -2.32. The molecule has 0 fully saturated rings. The number of nitrogens with zero attached hydrogens (tertiary/aromatic N) is 3. The second-order valence-corrected chi connectivity index (χ2v) is 8.42. The van der Waals surface area contributed by atoms with E-state index in [9.17, 15) is 0 Å². The maximum atomic E-state index is 6.68. The van der Waals surface area contributed by atoms with Crippen LogP contribution in [0.4, 0.5) is 5.95 Å². The van der Waals surface area contributed by atoms with E-state index in [2.05, 4.69) is 15.4 Å². The first-order valence-corrected chi connectivity index (χ1v) is 11.2. The zero-order chi connectivity index (χ0) is 23.2. The molecule has 4 aromatic rings. The molecule has 0 spiro atoms. The quantitative estimate of drug-likeness (QED) is 0.422. The van der Waals surface area contributed by atoms with Crippen LogP contribution >= 0.6 is 11.6 Å². The Morgan fingerprint density at radius 1 is 0.971 bits per heavy atom. The van der Waals surface area contributed by atoms with E-state index in [4.69, 9.17) is 25.8 Å². The number of methoxy groups -OCH3 is 2. The zero-order valence-corrected chi connectivity index (χ0v) is 19.3. The fourth-order valence-electron chi connectivity index (χ4n) is 4.71. The van der Waals surface area contributed by atoms with Gasteiger partial charge in [0.25, 0.3) is 0 Å². The predicted octanol–water partition coefficient (Wildman–Crippen LogP) is 5.51. The molecular weight excluding hydrogens is 452 g/mol. The van der Waals surface area contributed by atoms with Crippen LogP contribution in [0.3, 0.4) is 0 Å². The van der Waals surface area contributed by atoms with Gasteiger partial charge in [-0.2, -0.15) is 10.1 Å². The SMILES string of the molecule is COc1ccc([C@H]2C3=C(Nc4ncnn42)c2ccccc2O[C@@H]3c2ccccc2Cl)cc1OC. The van der Waals surface area contributed by atoms with E-state index >= 15 is 0 Å². The summed E-state index contributed by atoms with van der Waals surface area (Å²) in [4.78, 5) is 4.47. The van der Waals surface area contributed by atoms with Gasteiger partial charge in [-0.15, -0.1) is 0 Å². The van der Waals surface area contributed by atoms with Crippen molar-refractivity contribution in [2.75, 3.05) is 19.5 Å². The molecular formula is C26H21ClN4O3. The van der Waals surface area contributed by atoms with Gasteiger partial charge in [-0.1, -0.05) is 48.0 Å². The number of fused-ring (bicyclic) bond motifs is 3. The molecule has 2 aliphatic rings. The van der Waals surface area contributed by atoms with Crippen molar-refractivity contribution in [3.8, 4) is 17.2 Å². The maximum absolute atomic E-state index is 6.68. The summed E-state index contributed by atoms with van der Waals surface area (Å²) >= 11 is 6.68. The normalized spacial score (nSPS) is 18.2. The number of anilines is 1. The van der Waals surface area contributed by atoms with E-state index < -0.39 is 6.10 Å². The van der Waals surface area contributed by atoms with Crippen molar-refractivity contribution in [3.63, 3.8) is 0 Å². The minimum absolute atomic E-state index is 0.316. The van der Waals surface area contributed by atoms with Crippen LogP contribution in [0.1, 0.15) is 28.8 Å². The Bertz CT molecular complexity index is 1430. The molecule has 3 aromatic carbocycles. The van der Waals surface area contributed by atoms with Crippen LogP contribution in [-0.2, 0) is 0 Å². The van der Waals surface area contributed by atoms with Crippen LogP contribution in [0.25, 0.3) is 5.70 Å². The number of ether oxygens (including phenoxy) is 3. The molecule has 0 amide bonds. The summed E-state index contributed by atoms with van der Waals surface area (Å²) in [7, 11) is 3.25. The molecule has 0 radical (unpaired) electrons. The number of halogens is 1. The number of hydrogen-bond donors (Lipinski definition) is 1. The Hall–Kier alpha value is -3.97. The smallest absolute Gasteiger partial charge is 0.226 e.